The topological polar surface area (TPSA) is 61.4 Å². The lowest BCUT2D eigenvalue weighted by molar-refractivity contribution is -0.0520. The number of hydrogen-bond donors (Lipinski definition) is 2. The van der Waals surface area contributed by atoms with Gasteiger partial charge in [0.15, 0.2) is 17.5 Å². The van der Waals surface area contributed by atoms with E-state index < -0.39 is 6.61 Å². The van der Waals surface area contributed by atoms with Crippen molar-refractivity contribution in [2.24, 2.45) is 4.99 Å². The molecule has 2 rings (SSSR count). The summed E-state index contributed by atoms with van der Waals surface area (Å²) in [7, 11) is 0. The number of rotatable bonds is 11. The molecule has 1 aliphatic heterocycles. The highest BCUT2D eigenvalue weighted by molar-refractivity contribution is 5.79. The highest BCUT2D eigenvalue weighted by Crippen LogP contribution is 2.33. The van der Waals surface area contributed by atoms with Crippen LogP contribution in [0.2, 0.25) is 0 Å². The zero-order valence-corrected chi connectivity index (χ0v) is 19.2. The molecule has 1 aromatic carbocycles. The van der Waals surface area contributed by atoms with Gasteiger partial charge < -0.3 is 25.0 Å². The van der Waals surface area contributed by atoms with E-state index in [-0.39, 0.29) is 12.3 Å². The molecule has 0 radical (unpaired) electrons. The predicted molar refractivity (Wildman–Crippen MR) is 120 cm³/mol. The summed E-state index contributed by atoms with van der Waals surface area (Å²) in [6, 6.07) is 5.47. The number of hydrogen-bond acceptors (Lipinski definition) is 5. The molecule has 2 N–H and O–H groups in total. The van der Waals surface area contributed by atoms with Gasteiger partial charge in [-0.1, -0.05) is 19.1 Å². The Hall–Kier alpha value is -2.13. The minimum atomic E-state index is -2.93. The van der Waals surface area contributed by atoms with E-state index >= 15 is 0 Å². The molecule has 0 bridgehead atoms. The van der Waals surface area contributed by atoms with Gasteiger partial charge in [-0.3, -0.25) is 4.90 Å². The van der Waals surface area contributed by atoms with Crippen molar-refractivity contribution in [1.29, 1.82) is 0 Å². The summed E-state index contributed by atoms with van der Waals surface area (Å²) in [5.41, 5.74) is 0.548. The first-order valence-corrected chi connectivity index (χ1v) is 11.2. The second-order valence-corrected chi connectivity index (χ2v) is 7.45. The molecule has 0 saturated carbocycles. The third-order valence-electron chi connectivity index (χ3n) is 5.36. The maximum atomic E-state index is 12.9. The lowest BCUT2D eigenvalue weighted by Crippen LogP contribution is -2.53. The van der Waals surface area contributed by atoms with E-state index in [1.54, 1.807) is 25.1 Å². The van der Waals surface area contributed by atoms with E-state index in [1.807, 2.05) is 6.92 Å². The summed E-state index contributed by atoms with van der Waals surface area (Å²) in [6.07, 6.45) is 0. The molecule has 7 nitrogen and oxygen atoms in total. The van der Waals surface area contributed by atoms with Crippen molar-refractivity contribution in [3.05, 3.63) is 23.8 Å². The molecular weight excluding hydrogens is 404 g/mol. The zero-order valence-electron chi connectivity index (χ0n) is 19.2. The van der Waals surface area contributed by atoms with Gasteiger partial charge in [-0.25, -0.2) is 4.99 Å². The first-order valence-electron chi connectivity index (χ1n) is 11.2. The third-order valence-corrected chi connectivity index (χ3v) is 5.36. The normalized spacial score (nSPS) is 16.9. The fourth-order valence-electron chi connectivity index (χ4n) is 3.58. The largest absolute Gasteiger partial charge is 0.490 e. The van der Waals surface area contributed by atoms with E-state index in [2.05, 4.69) is 39.3 Å². The quantitative estimate of drug-likeness (QED) is 0.407. The maximum absolute atomic E-state index is 12.9. The molecule has 1 atom stereocenters. The average Bonchev–Trinajstić information content (AvgIpc) is 2.77. The highest BCUT2D eigenvalue weighted by atomic mass is 19.3. The number of alkyl halides is 2. The minimum absolute atomic E-state index is 0.0427. The Morgan fingerprint density at radius 3 is 2.48 bits per heavy atom. The molecular formula is C22H37F2N5O2. The predicted octanol–water partition coefficient (Wildman–Crippen LogP) is 2.77. The van der Waals surface area contributed by atoms with Crippen LogP contribution >= 0.6 is 0 Å². The van der Waals surface area contributed by atoms with Gasteiger partial charge in [-0.2, -0.15) is 8.78 Å². The van der Waals surface area contributed by atoms with Gasteiger partial charge in [0.1, 0.15) is 0 Å². The molecule has 1 unspecified atom stereocenters. The number of guanidine groups is 1. The van der Waals surface area contributed by atoms with Crippen molar-refractivity contribution in [2.45, 2.75) is 46.9 Å². The Bertz CT molecular complexity index is 682. The zero-order chi connectivity index (χ0) is 22.6. The number of ether oxygens (including phenoxy) is 2. The van der Waals surface area contributed by atoms with Crippen LogP contribution in [-0.2, 0) is 6.54 Å². The second kappa shape index (κ2) is 13.3. The van der Waals surface area contributed by atoms with Crippen LogP contribution in [0, 0.1) is 0 Å². The maximum Gasteiger partial charge on any atom is 0.387 e. The van der Waals surface area contributed by atoms with E-state index in [1.165, 1.54) is 0 Å². The smallest absolute Gasteiger partial charge is 0.387 e. The van der Waals surface area contributed by atoms with Crippen molar-refractivity contribution >= 4 is 5.96 Å². The molecule has 1 aliphatic rings. The van der Waals surface area contributed by atoms with Crippen molar-refractivity contribution in [3.63, 3.8) is 0 Å². The molecule has 0 aromatic heterocycles. The van der Waals surface area contributed by atoms with Gasteiger partial charge in [-0.05, 0) is 33.4 Å². The minimum Gasteiger partial charge on any atom is -0.490 e. The van der Waals surface area contributed by atoms with Gasteiger partial charge >= 0.3 is 6.61 Å². The Morgan fingerprint density at radius 2 is 1.87 bits per heavy atom. The Balaban J connectivity index is 2.01. The molecule has 31 heavy (non-hydrogen) atoms. The summed E-state index contributed by atoms with van der Waals surface area (Å²) in [5.74, 6) is 0.987. The summed E-state index contributed by atoms with van der Waals surface area (Å²) >= 11 is 0. The number of nitrogens with one attached hydrogen (secondary N) is 2. The second-order valence-electron chi connectivity index (χ2n) is 7.45. The molecule has 0 aliphatic carbocycles. The van der Waals surface area contributed by atoms with E-state index in [0.29, 0.717) is 36.5 Å². The number of piperazine rings is 1. The van der Waals surface area contributed by atoms with Crippen molar-refractivity contribution in [3.8, 4) is 11.5 Å². The van der Waals surface area contributed by atoms with Crippen LogP contribution in [-0.4, -0.2) is 80.8 Å². The van der Waals surface area contributed by atoms with Crippen LogP contribution < -0.4 is 20.1 Å². The summed E-state index contributed by atoms with van der Waals surface area (Å²) in [6.45, 7) is 12.7. The SMILES string of the molecule is CCNC(=NCc1cccc(OCC)c1OC(F)F)NCC(C)N1CCN(CC)CC1. The number of aliphatic imine (C=N–C) groups is 1. The summed E-state index contributed by atoms with van der Waals surface area (Å²) in [4.78, 5) is 9.51. The van der Waals surface area contributed by atoms with E-state index in [9.17, 15) is 8.78 Å². The monoisotopic (exact) mass is 441 g/mol. The van der Waals surface area contributed by atoms with Crippen molar-refractivity contribution in [1.82, 2.24) is 20.4 Å². The Labute approximate surface area is 184 Å². The first-order chi connectivity index (χ1) is 15.0. The Kier molecular flexibility index (Phi) is 10.8. The van der Waals surface area contributed by atoms with Crippen molar-refractivity contribution in [2.75, 3.05) is 52.4 Å². The van der Waals surface area contributed by atoms with Gasteiger partial charge in [0.2, 0.25) is 0 Å². The van der Waals surface area contributed by atoms with Crippen LogP contribution in [0.5, 0.6) is 11.5 Å². The van der Waals surface area contributed by atoms with Crippen LogP contribution in [0.15, 0.2) is 23.2 Å². The van der Waals surface area contributed by atoms with Crippen LogP contribution in [0.1, 0.15) is 33.3 Å². The summed E-state index contributed by atoms with van der Waals surface area (Å²) < 4.78 is 36.0. The van der Waals surface area contributed by atoms with E-state index in [4.69, 9.17) is 9.47 Å². The molecule has 9 heteroatoms. The summed E-state index contributed by atoms with van der Waals surface area (Å²) in [5, 5.41) is 6.60. The van der Waals surface area contributed by atoms with Crippen molar-refractivity contribution < 1.29 is 18.3 Å². The van der Waals surface area contributed by atoms with Gasteiger partial charge in [0, 0.05) is 50.9 Å². The molecule has 1 heterocycles. The van der Waals surface area contributed by atoms with Crippen LogP contribution in [0.3, 0.4) is 0 Å². The fourth-order valence-corrected chi connectivity index (χ4v) is 3.58. The lowest BCUT2D eigenvalue weighted by atomic mass is 10.2. The number of nitrogens with zero attached hydrogens (tertiary/aromatic N) is 3. The molecule has 1 aromatic rings. The number of para-hydroxylation sites is 1. The Morgan fingerprint density at radius 1 is 1.13 bits per heavy atom. The third kappa shape index (κ3) is 8.14. The molecule has 176 valence electrons. The fraction of sp³-hybridized carbons (Fsp3) is 0.682. The molecule has 1 fully saturated rings. The lowest BCUT2D eigenvalue weighted by Gasteiger charge is -2.37. The number of likely N-dealkylation sites (N-methyl/N-ethyl adjacent to an activating group) is 1. The van der Waals surface area contributed by atoms with Crippen LogP contribution in [0.4, 0.5) is 8.78 Å². The highest BCUT2D eigenvalue weighted by Gasteiger charge is 2.20. The van der Waals surface area contributed by atoms with Gasteiger partial charge in [0.05, 0.1) is 13.2 Å². The van der Waals surface area contributed by atoms with Gasteiger partial charge in [0.25, 0.3) is 0 Å². The standard InChI is InChI=1S/C22H37F2N5O2/c1-5-25-22(26-15-17(4)29-13-11-28(6-2)12-14-29)27-16-18-9-8-10-19(30-7-3)20(18)31-21(23)24/h8-10,17,21H,5-7,11-16H2,1-4H3,(H2,25,26,27). The number of halogens is 2. The van der Waals surface area contributed by atoms with Crippen LogP contribution in [0.25, 0.3) is 0 Å². The molecule has 1 saturated heterocycles. The van der Waals surface area contributed by atoms with Gasteiger partial charge in [-0.15, -0.1) is 0 Å². The molecule has 0 amide bonds. The average molecular weight is 442 g/mol. The van der Waals surface area contributed by atoms with E-state index in [0.717, 1.165) is 39.3 Å². The number of benzene rings is 1. The molecule has 0 spiro atoms. The first kappa shape index (κ1) is 25.1.